The Balaban J connectivity index is 1.82. The van der Waals surface area contributed by atoms with E-state index in [1.807, 2.05) is 31.2 Å². The summed E-state index contributed by atoms with van der Waals surface area (Å²) in [4.78, 5) is 12.1. The Bertz CT molecular complexity index is 629. The van der Waals surface area contributed by atoms with Crippen molar-refractivity contribution in [2.45, 2.75) is 40.0 Å². The van der Waals surface area contributed by atoms with E-state index in [4.69, 9.17) is 9.47 Å². The van der Waals surface area contributed by atoms with Crippen LogP contribution in [0.3, 0.4) is 0 Å². The van der Waals surface area contributed by atoms with Crippen molar-refractivity contribution in [2.24, 2.45) is 5.92 Å². The molecule has 0 aromatic heterocycles. The van der Waals surface area contributed by atoms with Crippen molar-refractivity contribution in [1.82, 2.24) is 0 Å². The normalized spacial score (nSPS) is 11.8. The number of carbonyl (C=O) groups is 1. The molecule has 2 rings (SSSR count). The molecule has 2 aromatic carbocycles. The number of esters is 1. The fraction of sp³-hybridized carbons (Fsp3) is 0.381. The summed E-state index contributed by atoms with van der Waals surface area (Å²) < 4.78 is 11.1. The maximum Gasteiger partial charge on any atom is 0.343 e. The maximum atomic E-state index is 12.1. The van der Waals surface area contributed by atoms with Crippen molar-refractivity contribution in [3.05, 3.63) is 59.7 Å². The highest BCUT2D eigenvalue weighted by Crippen LogP contribution is 2.17. The number of aryl methyl sites for hydroxylation is 1. The summed E-state index contributed by atoms with van der Waals surface area (Å²) in [5.41, 5.74) is 1.65. The molecule has 1 atom stereocenters. The zero-order valence-corrected chi connectivity index (χ0v) is 14.7. The van der Waals surface area contributed by atoms with Gasteiger partial charge in [0.1, 0.15) is 11.5 Å². The van der Waals surface area contributed by atoms with E-state index >= 15 is 0 Å². The minimum absolute atomic E-state index is 0.359. The highest BCUT2D eigenvalue weighted by molar-refractivity contribution is 5.91. The lowest BCUT2D eigenvalue weighted by Crippen LogP contribution is -2.08. The molecular weight excluding hydrogens is 300 g/mol. The lowest BCUT2D eigenvalue weighted by molar-refractivity contribution is 0.0734. The van der Waals surface area contributed by atoms with E-state index in [-0.39, 0.29) is 5.97 Å². The molecule has 0 amide bonds. The second-order valence-corrected chi connectivity index (χ2v) is 6.23. The lowest BCUT2D eigenvalue weighted by Gasteiger charge is -2.10. The van der Waals surface area contributed by atoms with Gasteiger partial charge >= 0.3 is 5.97 Å². The molecule has 0 N–H and O–H groups in total. The van der Waals surface area contributed by atoms with Crippen molar-refractivity contribution < 1.29 is 14.3 Å². The molecular formula is C21H26O3. The van der Waals surface area contributed by atoms with Gasteiger partial charge in [-0.1, -0.05) is 38.0 Å². The van der Waals surface area contributed by atoms with Gasteiger partial charge in [0.2, 0.25) is 0 Å². The Morgan fingerprint density at radius 1 is 1.00 bits per heavy atom. The van der Waals surface area contributed by atoms with Gasteiger partial charge in [0.05, 0.1) is 12.2 Å². The van der Waals surface area contributed by atoms with Gasteiger partial charge in [0.15, 0.2) is 0 Å². The summed E-state index contributed by atoms with van der Waals surface area (Å²) in [5.74, 6) is 1.72. The van der Waals surface area contributed by atoms with Crippen molar-refractivity contribution >= 4 is 5.97 Å². The fourth-order valence-corrected chi connectivity index (χ4v) is 2.29. The van der Waals surface area contributed by atoms with E-state index in [0.29, 0.717) is 17.9 Å². The third kappa shape index (κ3) is 5.73. The topological polar surface area (TPSA) is 35.5 Å². The summed E-state index contributed by atoms with van der Waals surface area (Å²) in [6.45, 7) is 7.17. The van der Waals surface area contributed by atoms with Crippen LogP contribution in [0.5, 0.6) is 11.5 Å². The van der Waals surface area contributed by atoms with Crippen LogP contribution in [0.2, 0.25) is 0 Å². The molecule has 1 unspecified atom stereocenters. The van der Waals surface area contributed by atoms with E-state index in [0.717, 1.165) is 23.7 Å². The third-order valence-corrected chi connectivity index (χ3v) is 4.13. The average molecular weight is 326 g/mol. The Labute approximate surface area is 144 Å². The predicted molar refractivity (Wildman–Crippen MR) is 96.8 cm³/mol. The molecule has 0 heterocycles. The fourth-order valence-electron chi connectivity index (χ4n) is 2.29. The molecule has 3 heteroatoms. The molecule has 0 bridgehead atoms. The van der Waals surface area contributed by atoms with Crippen molar-refractivity contribution in [1.29, 1.82) is 0 Å². The zero-order valence-electron chi connectivity index (χ0n) is 14.7. The van der Waals surface area contributed by atoms with Gasteiger partial charge in [-0.05, 0) is 62.1 Å². The van der Waals surface area contributed by atoms with Crippen LogP contribution < -0.4 is 9.47 Å². The average Bonchev–Trinajstić information content (AvgIpc) is 2.61. The molecule has 0 aliphatic carbocycles. The van der Waals surface area contributed by atoms with Crippen LogP contribution in [0, 0.1) is 12.8 Å². The molecule has 0 aliphatic rings. The Hall–Kier alpha value is -2.29. The minimum atomic E-state index is -0.359. The number of ether oxygens (including phenoxy) is 2. The van der Waals surface area contributed by atoms with Gasteiger partial charge < -0.3 is 9.47 Å². The van der Waals surface area contributed by atoms with Gasteiger partial charge in [0, 0.05) is 0 Å². The highest BCUT2D eigenvalue weighted by atomic mass is 16.5. The van der Waals surface area contributed by atoms with Crippen LogP contribution >= 0.6 is 0 Å². The van der Waals surface area contributed by atoms with E-state index < -0.39 is 0 Å². The SMILES string of the molecule is CCC(C)CCCOc1ccc(C(=O)Oc2ccc(C)cc2)cc1. The standard InChI is InChI=1S/C21H26O3/c1-4-16(2)6-5-15-23-19-13-9-18(10-14-19)21(22)24-20-11-7-17(3)8-12-20/h7-14,16H,4-6,15H2,1-3H3. The van der Waals surface area contributed by atoms with Crippen LogP contribution in [-0.4, -0.2) is 12.6 Å². The van der Waals surface area contributed by atoms with Gasteiger partial charge in [-0.25, -0.2) is 4.79 Å². The molecule has 0 fully saturated rings. The van der Waals surface area contributed by atoms with Crippen LogP contribution in [0.15, 0.2) is 48.5 Å². The van der Waals surface area contributed by atoms with Gasteiger partial charge in [-0.3, -0.25) is 0 Å². The Morgan fingerprint density at radius 2 is 1.62 bits per heavy atom. The zero-order chi connectivity index (χ0) is 17.4. The number of benzene rings is 2. The van der Waals surface area contributed by atoms with Gasteiger partial charge in [-0.2, -0.15) is 0 Å². The first-order valence-electron chi connectivity index (χ1n) is 8.60. The monoisotopic (exact) mass is 326 g/mol. The molecule has 24 heavy (non-hydrogen) atoms. The van der Waals surface area contributed by atoms with Crippen LogP contribution in [0.25, 0.3) is 0 Å². The molecule has 2 aromatic rings. The van der Waals surface area contributed by atoms with Gasteiger partial charge in [0.25, 0.3) is 0 Å². The first kappa shape index (κ1) is 18.1. The van der Waals surface area contributed by atoms with E-state index in [2.05, 4.69) is 13.8 Å². The van der Waals surface area contributed by atoms with Crippen molar-refractivity contribution in [2.75, 3.05) is 6.61 Å². The van der Waals surface area contributed by atoms with E-state index in [9.17, 15) is 4.79 Å². The quantitative estimate of drug-likeness (QED) is 0.369. The molecule has 3 nitrogen and oxygen atoms in total. The Morgan fingerprint density at radius 3 is 2.25 bits per heavy atom. The van der Waals surface area contributed by atoms with Gasteiger partial charge in [-0.15, -0.1) is 0 Å². The molecule has 0 saturated heterocycles. The van der Waals surface area contributed by atoms with E-state index in [1.165, 1.54) is 12.8 Å². The lowest BCUT2D eigenvalue weighted by atomic mass is 10.0. The molecule has 0 radical (unpaired) electrons. The largest absolute Gasteiger partial charge is 0.494 e. The number of hydrogen-bond donors (Lipinski definition) is 0. The molecule has 128 valence electrons. The smallest absolute Gasteiger partial charge is 0.343 e. The summed E-state index contributed by atoms with van der Waals surface area (Å²) in [7, 11) is 0. The predicted octanol–water partition coefficient (Wildman–Crippen LogP) is 5.42. The summed E-state index contributed by atoms with van der Waals surface area (Å²) in [6.07, 6.45) is 3.43. The summed E-state index contributed by atoms with van der Waals surface area (Å²) in [5, 5.41) is 0. The first-order valence-corrected chi connectivity index (χ1v) is 8.60. The summed E-state index contributed by atoms with van der Waals surface area (Å²) in [6, 6.07) is 14.5. The number of hydrogen-bond acceptors (Lipinski definition) is 3. The van der Waals surface area contributed by atoms with Crippen molar-refractivity contribution in [3.8, 4) is 11.5 Å². The summed E-state index contributed by atoms with van der Waals surface area (Å²) >= 11 is 0. The Kier molecular flexibility index (Phi) is 6.86. The second-order valence-electron chi connectivity index (χ2n) is 6.23. The molecule has 0 spiro atoms. The first-order chi connectivity index (χ1) is 11.6. The van der Waals surface area contributed by atoms with Crippen LogP contribution in [-0.2, 0) is 0 Å². The minimum Gasteiger partial charge on any atom is -0.494 e. The number of rotatable bonds is 8. The number of carbonyl (C=O) groups excluding carboxylic acids is 1. The van der Waals surface area contributed by atoms with Crippen LogP contribution in [0.4, 0.5) is 0 Å². The molecule has 0 saturated carbocycles. The second kappa shape index (κ2) is 9.11. The molecule has 0 aliphatic heterocycles. The third-order valence-electron chi connectivity index (χ3n) is 4.13. The van der Waals surface area contributed by atoms with Crippen LogP contribution in [0.1, 0.15) is 49.0 Å². The van der Waals surface area contributed by atoms with E-state index in [1.54, 1.807) is 24.3 Å². The maximum absolute atomic E-state index is 12.1. The van der Waals surface area contributed by atoms with Crippen molar-refractivity contribution in [3.63, 3.8) is 0 Å². The highest BCUT2D eigenvalue weighted by Gasteiger charge is 2.08.